The molecule has 2 bridgehead atoms. The number of carbonyl (C=O) groups excluding carboxylic acids is 2. The molecule has 1 aromatic rings. The first-order valence-electron chi connectivity index (χ1n) is 12.1. The highest BCUT2D eigenvalue weighted by atomic mass is 16.6. The molecule has 2 fully saturated rings. The lowest BCUT2D eigenvalue weighted by atomic mass is 9.62. The maximum absolute atomic E-state index is 13.5. The van der Waals surface area contributed by atoms with Crippen LogP contribution in [0.15, 0.2) is 30.3 Å². The molecular formula is C27H41NO5. The summed E-state index contributed by atoms with van der Waals surface area (Å²) in [5.74, 6) is -0.0402. The fourth-order valence-electron chi connectivity index (χ4n) is 6.05. The lowest BCUT2D eigenvalue weighted by Crippen LogP contribution is -2.55. The summed E-state index contributed by atoms with van der Waals surface area (Å²) in [6.07, 6.45) is 0.724. The quantitative estimate of drug-likeness (QED) is 0.633. The number of hydrogen-bond donors (Lipinski definition) is 2. The van der Waals surface area contributed by atoms with Gasteiger partial charge in [-0.15, -0.1) is 0 Å². The van der Waals surface area contributed by atoms with Crippen molar-refractivity contribution in [2.45, 2.75) is 97.0 Å². The fraction of sp³-hybridized carbons (Fsp3) is 0.704. The molecule has 5 atom stereocenters. The zero-order valence-electron chi connectivity index (χ0n) is 21.2. The van der Waals surface area contributed by atoms with Crippen molar-refractivity contribution in [1.29, 1.82) is 0 Å². The Balaban J connectivity index is 1.82. The number of benzene rings is 1. The van der Waals surface area contributed by atoms with Crippen LogP contribution >= 0.6 is 0 Å². The summed E-state index contributed by atoms with van der Waals surface area (Å²) >= 11 is 0. The first-order chi connectivity index (χ1) is 15.1. The summed E-state index contributed by atoms with van der Waals surface area (Å²) in [6, 6.07) is 8.89. The molecular weight excluding hydrogens is 418 g/mol. The molecule has 0 aliphatic heterocycles. The Labute approximate surface area is 198 Å². The van der Waals surface area contributed by atoms with Gasteiger partial charge in [-0.1, -0.05) is 51.1 Å². The lowest BCUT2D eigenvalue weighted by molar-refractivity contribution is -0.158. The average Bonchev–Trinajstić information content (AvgIpc) is 3.03. The Kier molecular flexibility index (Phi) is 6.77. The highest BCUT2D eigenvalue weighted by Gasteiger charge is 2.70. The van der Waals surface area contributed by atoms with Crippen molar-refractivity contribution in [2.75, 3.05) is 7.05 Å². The molecule has 2 saturated carbocycles. The van der Waals surface area contributed by atoms with E-state index in [4.69, 9.17) is 4.74 Å². The van der Waals surface area contributed by atoms with Crippen LogP contribution in [-0.2, 0) is 16.0 Å². The second-order valence-corrected chi connectivity index (χ2v) is 11.9. The predicted molar refractivity (Wildman–Crippen MR) is 128 cm³/mol. The third-order valence-corrected chi connectivity index (χ3v) is 8.66. The second-order valence-electron chi connectivity index (χ2n) is 11.9. The van der Waals surface area contributed by atoms with Crippen LogP contribution < -0.4 is 0 Å². The van der Waals surface area contributed by atoms with E-state index in [1.807, 2.05) is 37.3 Å². The number of carbonyl (C=O) groups is 2. The van der Waals surface area contributed by atoms with Gasteiger partial charge in [0.05, 0.1) is 12.1 Å². The van der Waals surface area contributed by atoms with E-state index in [0.717, 1.165) is 18.4 Å². The molecule has 2 N–H and O–H groups in total. The maximum atomic E-state index is 13.5. The third-order valence-electron chi connectivity index (χ3n) is 8.66. The van der Waals surface area contributed by atoms with E-state index in [1.54, 1.807) is 27.8 Å². The number of rotatable bonds is 7. The zero-order chi connectivity index (χ0) is 24.8. The minimum atomic E-state index is -1.46. The molecule has 3 rings (SSSR count). The molecule has 0 saturated heterocycles. The van der Waals surface area contributed by atoms with Crippen LogP contribution in [0.1, 0.15) is 72.8 Å². The van der Waals surface area contributed by atoms with Crippen LogP contribution in [-0.4, -0.2) is 57.4 Å². The minimum absolute atomic E-state index is 0.140. The third kappa shape index (κ3) is 4.57. The smallest absolute Gasteiger partial charge is 0.410 e. The normalized spacial score (nSPS) is 30.0. The van der Waals surface area contributed by atoms with E-state index in [0.29, 0.717) is 12.8 Å². The fourth-order valence-corrected chi connectivity index (χ4v) is 6.05. The SMILES string of the molecule is CN(C(=O)OC(C)(C)C)[C@@H](Cc1ccccc1)[C@H](O)CC(=O)[C@@]1(O)C[C@H]2CC[C@]1(C)C2(C)C. The van der Waals surface area contributed by atoms with Crippen LogP contribution in [0, 0.1) is 16.7 Å². The summed E-state index contributed by atoms with van der Waals surface area (Å²) in [4.78, 5) is 27.7. The molecule has 0 radical (unpaired) electrons. The summed E-state index contributed by atoms with van der Waals surface area (Å²) in [7, 11) is 1.59. The summed E-state index contributed by atoms with van der Waals surface area (Å²) in [5, 5.41) is 22.8. The van der Waals surface area contributed by atoms with Crippen LogP contribution in [0.5, 0.6) is 0 Å². The molecule has 0 aromatic heterocycles. The number of fused-ring (bicyclic) bond motifs is 2. The van der Waals surface area contributed by atoms with Crippen molar-refractivity contribution in [3.05, 3.63) is 35.9 Å². The molecule has 6 heteroatoms. The second kappa shape index (κ2) is 8.70. The van der Waals surface area contributed by atoms with Gasteiger partial charge in [-0.2, -0.15) is 0 Å². The highest BCUT2D eigenvalue weighted by Crippen LogP contribution is 2.70. The van der Waals surface area contributed by atoms with E-state index in [-0.39, 0.29) is 23.5 Å². The molecule has 2 aliphatic rings. The van der Waals surface area contributed by atoms with Crippen molar-refractivity contribution in [3.8, 4) is 0 Å². The lowest BCUT2D eigenvalue weighted by Gasteiger charge is -2.44. The van der Waals surface area contributed by atoms with Gasteiger partial charge in [0.2, 0.25) is 0 Å². The van der Waals surface area contributed by atoms with E-state index in [2.05, 4.69) is 13.8 Å². The van der Waals surface area contributed by atoms with Crippen molar-refractivity contribution in [1.82, 2.24) is 4.90 Å². The van der Waals surface area contributed by atoms with Crippen molar-refractivity contribution in [2.24, 2.45) is 16.7 Å². The zero-order valence-corrected chi connectivity index (χ0v) is 21.2. The number of ketones is 1. The number of aliphatic hydroxyl groups is 2. The Morgan fingerprint density at radius 2 is 1.79 bits per heavy atom. The van der Waals surface area contributed by atoms with Gasteiger partial charge in [0.25, 0.3) is 0 Å². The number of nitrogens with zero attached hydrogens (tertiary/aromatic N) is 1. The van der Waals surface area contributed by atoms with Gasteiger partial charge in [-0.25, -0.2) is 4.79 Å². The van der Waals surface area contributed by atoms with Crippen LogP contribution in [0.3, 0.4) is 0 Å². The van der Waals surface area contributed by atoms with E-state index >= 15 is 0 Å². The van der Waals surface area contributed by atoms with Crippen LogP contribution in [0.25, 0.3) is 0 Å². The Bertz CT molecular complexity index is 876. The van der Waals surface area contributed by atoms with Gasteiger partial charge in [0.15, 0.2) is 5.78 Å². The van der Waals surface area contributed by atoms with Gasteiger partial charge in [0, 0.05) is 18.9 Å². The van der Waals surface area contributed by atoms with E-state index in [1.165, 1.54) is 4.90 Å². The molecule has 184 valence electrons. The molecule has 1 aromatic carbocycles. The molecule has 1 amide bonds. The number of ether oxygens (including phenoxy) is 1. The molecule has 0 spiro atoms. The first kappa shape index (κ1) is 25.7. The average molecular weight is 460 g/mol. The highest BCUT2D eigenvalue weighted by molar-refractivity contribution is 5.89. The Hall–Kier alpha value is -1.92. The molecule has 0 heterocycles. The van der Waals surface area contributed by atoms with Gasteiger partial charge < -0.3 is 19.8 Å². The Morgan fingerprint density at radius 1 is 1.18 bits per heavy atom. The molecule has 2 aliphatic carbocycles. The molecule has 0 unspecified atom stereocenters. The van der Waals surface area contributed by atoms with Gasteiger partial charge in [-0.05, 0) is 63.4 Å². The van der Waals surface area contributed by atoms with Gasteiger partial charge in [0.1, 0.15) is 11.2 Å². The predicted octanol–water partition coefficient (Wildman–Crippen LogP) is 4.36. The van der Waals surface area contributed by atoms with Crippen LogP contribution in [0.2, 0.25) is 0 Å². The summed E-state index contributed by atoms with van der Waals surface area (Å²) < 4.78 is 5.52. The number of hydrogen-bond acceptors (Lipinski definition) is 5. The standard InChI is InChI=1S/C27H41NO5/c1-24(2,3)33-23(31)28(7)20(15-18-11-9-8-10-12-18)21(29)16-22(30)27(32)17-19-13-14-26(27,6)25(19,4)5/h8-12,19-21,29,32H,13-17H2,1-7H3/t19-,20+,21-,26-,27+/m1/s1. The Morgan fingerprint density at radius 3 is 2.27 bits per heavy atom. The minimum Gasteiger partial charge on any atom is -0.444 e. The van der Waals surface area contributed by atoms with Gasteiger partial charge in [-0.3, -0.25) is 4.79 Å². The maximum Gasteiger partial charge on any atom is 0.410 e. The molecule has 6 nitrogen and oxygen atoms in total. The first-order valence-corrected chi connectivity index (χ1v) is 12.1. The van der Waals surface area contributed by atoms with Gasteiger partial charge >= 0.3 is 6.09 Å². The van der Waals surface area contributed by atoms with Crippen molar-refractivity contribution in [3.63, 3.8) is 0 Å². The summed E-state index contributed by atoms with van der Waals surface area (Å²) in [6.45, 7) is 11.7. The molecule has 33 heavy (non-hydrogen) atoms. The van der Waals surface area contributed by atoms with E-state index in [9.17, 15) is 19.8 Å². The largest absolute Gasteiger partial charge is 0.444 e. The van der Waals surface area contributed by atoms with Crippen molar-refractivity contribution >= 4 is 11.9 Å². The number of amides is 1. The number of likely N-dealkylation sites (N-methyl/N-ethyl adjacent to an activating group) is 1. The number of Topliss-reactive ketones (excluding diaryl/α,β-unsaturated/α-hetero) is 1. The topological polar surface area (TPSA) is 87.1 Å². The van der Waals surface area contributed by atoms with Crippen molar-refractivity contribution < 1.29 is 24.5 Å². The number of aliphatic hydroxyl groups excluding tert-OH is 1. The van der Waals surface area contributed by atoms with Crippen LogP contribution in [0.4, 0.5) is 4.79 Å². The monoisotopic (exact) mass is 459 g/mol. The summed E-state index contributed by atoms with van der Waals surface area (Å²) in [5.41, 5.74) is -1.85. The van der Waals surface area contributed by atoms with E-state index < -0.39 is 34.9 Å².